The number of aliphatic hydroxyl groups excluding tert-OH is 1. The van der Waals surface area contributed by atoms with Gasteiger partial charge in [-0.1, -0.05) is 13.8 Å². The Labute approximate surface area is 152 Å². The highest BCUT2D eigenvalue weighted by atomic mass is 16.5. The molecule has 128 valence electrons. The number of nitrogens with zero attached hydrogens (tertiary/aromatic N) is 1. The van der Waals surface area contributed by atoms with E-state index in [0.717, 1.165) is 4.90 Å². The zero-order valence-electron chi connectivity index (χ0n) is 22.6. The number of hydrogen-bond donors (Lipinski definition) is 1. The third-order valence-electron chi connectivity index (χ3n) is 4.39. The predicted molar refractivity (Wildman–Crippen MR) is 91.1 cm³/mol. The van der Waals surface area contributed by atoms with E-state index in [0.29, 0.717) is 6.42 Å². The monoisotopic (exact) mass is 328 g/mol. The smallest absolute Gasteiger partial charge is 0.161 e. The van der Waals surface area contributed by atoms with Gasteiger partial charge in [0.05, 0.1) is 24.4 Å². The van der Waals surface area contributed by atoms with Gasteiger partial charge in [-0.3, -0.25) is 4.90 Å². The summed E-state index contributed by atoms with van der Waals surface area (Å²) in [6.45, 7) is -1.38. The number of methoxy groups -OCH3 is 2. The molecule has 3 unspecified atom stereocenters. The Morgan fingerprint density at radius 2 is 2.17 bits per heavy atom. The lowest BCUT2D eigenvalue weighted by atomic mass is 9.79. The first kappa shape index (κ1) is 8.72. The average Bonchev–Trinajstić information content (AvgIpc) is 2.61. The van der Waals surface area contributed by atoms with E-state index in [1.54, 1.807) is 0 Å². The first-order valence-electron chi connectivity index (χ1n) is 12.3. The third-order valence-corrected chi connectivity index (χ3v) is 4.39. The molecule has 3 atom stereocenters. The molecule has 0 aliphatic carbocycles. The summed E-state index contributed by atoms with van der Waals surface area (Å²) < 4.78 is 84.4. The topological polar surface area (TPSA) is 41.9 Å². The predicted octanol–water partition coefficient (Wildman–Crippen LogP) is 3.03. The van der Waals surface area contributed by atoms with E-state index in [-0.39, 0.29) is 35.0 Å². The molecular weight excluding hydrogens is 290 g/mol. The van der Waals surface area contributed by atoms with Crippen LogP contribution in [0.3, 0.4) is 0 Å². The fourth-order valence-corrected chi connectivity index (χ4v) is 3.27. The minimum Gasteiger partial charge on any atom is -0.493 e. The van der Waals surface area contributed by atoms with Gasteiger partial charge in [-0.05, 0) is 54.3 Å². The Morgan fingerprint density at radius 3 is 2.87 bits per heavy atom. The molecule has 23 heavy (non-hydrogen) atoms. The van der Waals surface area contributed by atoms with Crippen molar-refractivity contribution in [2.45, 2.75) is 45.2 Å². The van der Waals surface area contributed by atoms with Gasteiger partial charge < -0.3 is 14.6 Å². The molecule has 2 aliphatic heterocycles. The molecule has 1 aromatic carbocycles. The van der Waals surface area contributed by atoms with Crippen LogP contribution in [0.2, 0.25) is 0 Å². The van der Waals surface area contributed by atoms with Gasteiger partial charge in [0, 0.05) is 27.3 Å². The van der Waals surface area contributed by atoms with Crippen LogP contribution in [0.15, 0.2) is 12.1 Å². The zero-order chi connectivity index (χ0) is 24.4. The Hall–Kier alpha value is -1.26. The van der Waals surface area contributed by atoms with Gasteiger partial charge in [-0.25, -0.2) is 0 Å². The number of piperidine rings is 1. The van der Waals surface area contributed by atoms with Crippen molar-refractivity contribution >= 4 is 0 Å². The molecule has 1 saturated heterocycles. The summed E-state index contributed by atoms with van der Waals surface area (Å²) in [7, 11) is -1.56. The van der Waals surface area contributed by atoms with Gasteiger partial charge in [0.15, 0.2) is 11.5 Å². The maximum absolute atomic E-state index is 10.8. The number of benzene rings is 1. The van der Waals surface area contributed by atoms with Crippen molar-refractivity contribution in [2.75, 3.05) is 27.1 Å². The van der Waals surface area contributed by atoms with Crippen LogP contribution in [0, 0.1) is 11.8 Å². The summed E-state index contributed by atoms with van der Waals surface area (Å²) in [6, 6.07) is 1.42. The lowest BCUT2D eigenvalue weighted by molar-refractivity contribution is -0.0191. The SMILES string of the molecule is [2H]C([2H])([2H])Oc1cc2c(cc1OC)C([2H])([2H])C([2H])([2H])N1C2CC(O)C(CC(C)C)C1([2H])[2H]. The van der Waals surface area contributed by atoms with Crippen molar-refractivity contribution in [3.05, 3.63) is 23.3 Å². The number of aliphatic hydroxyl groups is 1. The second-order valence-electron chi connectivity index (χ2n) is 6.48. The second kappa shape index (κ2) is 6.70. The Morgan fingerprint density at radius 1 is 1.39 bits per heavy atom. The van der Waals surface area contributed by atoms with Crippen molar-refractivity contribution in [3.63, 3.8) is 0 Å². The van der Waals surface area contributed by atoms with E-state index in [1.807, 2.05) is 13.8 Å². The molecular formula is C19H29NO3. The molecule has 0 bridgehead atoms. The molecule has 4 heteroatoms. The molecule has 1 N–H and O–H groups in total. The summed E-state index contributed by atoms with van der Waals surface area (Å²) in [4.78, 5) is 0.869. The fraction of sp³-hybridized carbons (Fsp3) is 0.684. The van der Waals surface area contributed by atoms with Crippen LogP contribution in [0.4, 0.5) is 0 Å². The molecule has 0 radical (unpaired) electrons. The van der Waals surface area contributed by atoms with E-state index in [2.05, 4.69) is 0 Å². The van der Waals surface area contributed by atoms with Crippen LogP contribution in [0.5, 0.6) is 11.5 Å². The summed E-state index contributed by atoms with van der Waals surface area (Å²) in [6.07, 6.45) is -3.52. The summed E-state index contributed by atoms with van der Waals surface area (Å²) in [5.74, 6) is -1.17. The normalized spacial score (nSPS) is 40.4. The number of ether oxygens (including phenoxy) is 2. The molecule has 1 aromatic rings. The van der Waals surface area contributed by atoms with Crippen molar-refractivity contribution < 1.29 is 26.9 Å². The number of aryl methyl sites for hydroxylation is 1. The number of rotatable bonds is 4. The van der Waals surface area contributed by atoms with Crippen molar-refractivity contribution in [1.29, 1.82) is 0 Å². The fourth-order valence-electron chi connectivity index (χ4n) is 3.27. The summed E-state index contributed by atoms with van der Waals surface area (Å²) in [5, 5.41) is 10.8. The first-order chi connectivity index (χ1) is 14.4. The Kier molecular flexibility index (Phi) is 2.54. The Bertz CT molecular complexity index is 872. The van der Waals surface area contributed by atoms with Gasteiger partial charge in [-0.2, -0.15) is 0 Å². The maximum atomic E-state index is 10.8. The van der Waals surface area contributed by atoms with Gasteiger partial charge in [0.2, 0.25) is 0 Å². The maximum Gasteiger partial charge on any atom is 0.161 e. The molecule has 2 aliphatic rings. The molecule has 0 spiro atoms. The van der Waals surface area contributed by atoms with Crippen molar-refractivity contribution in [3.8, 4) is 11.5 Å². The van der Waals surface area contributed by atoms with E-state index in [4.69, 9.17) is 21.8 Å². The molecule has 3 rings (SSSR count). The average molecular weight is 328 g/mol. The van der Waals surface area contributed by atoms with Crippen molar-refractivity contribution in [1.82, 2.24) is 4.90 Å². The first-order valence-corrected chi connectivity index (χ1v) is 7.84. The standard InChI is InChI=1S/C19H29NO3/c1-12(2)7-14-11-20-6-5-13-8-18(22-3)19(23-4)9-15(13)16(20)10-17(14)21/h8-9,12,14,16-17,21H,5-7,10-11H2,1-4H3/i4D3,5D2,6D2,11D2. The van der Waals surface area contributed by atoms with Crippen LogP contribution in [-0.4, -0.2) is 43.3 Å². The van der Waals surface area contributed by atoms with Crippen LogP contribution in [-0.2, 0) is 6.37 Å². The quantitative estimate of drug-likeness (QED) is 0.922. The van der Waals surface area contributed by atoms with E-state index in [9.17, 15) is 5.11 Å². The summed E-state index contributed by atoms with van der Waals surface area (Å²) in [5.41, 5.74) is 0.0694. The third kappa shape index (κ3) is 3.20. The van der Waals surface area contributed by atoms with Crippen LogP contribution in [0.25, 0.3) is 0 Å². The molecule has 0 saturated carbocycles. The summed E-state index contributed by atoms with van der Waals surface area (Å²) >= 11 is 0. The van der Waals surface area contributed by atoms with Crippen LogP contribution >= 0.6 is 0 Å². The molecule has 0 aromatic heterocycles. The molecule has 4 nitrogen and oxygen atoms in total. The highest BCUT2D eigenvalue weighted by Crippen LogP contribution is 2.43. The number of fused-ring (bicyclic) bond motifs is 3. The Balaban J connectivity index is 2.24. The molecule has 1 fully saturated rings. The van der Waals surface area contributed by atoms with Crippen LogP contribution in [0.1, 0.15) is 56.2 Å². The minimum absolute atomic E-state index is 0.0320. The number of hydrogen-bond acceptors (Lipinski definition) is 4. The van der Waals surface area contributed by atoms with E-state index < -0.39 is 44.5 Å². The highest BCUT2D eigenvalue weighted by Gasteiger charge is 2.38. The second-order valence-corrected chi connectivity index (χ2v) is 6.48. The van der Waals surface area contributed by atoms with Crippen molar-refractivity contribution in [2.24, 2.45) is 11.8 Å². The van der Waals surface area contributed by atoms with Gasteiger partial charge in [0.25, 0.3) is 0 Å². The lowest BCUT2D eigenvalue weighted by Gasteiger charge is -2.46. The van der Waals surface area contributed by atoms with Crippen LogP contribution < -0.4 is 9.47 Å². The minimum atomic E-state index is -2.81. The molecule has 0 amide bonds. The lowest BCUT2D eigenvalue weighted by Crippen LogP contribution is -2.48. The van der Waals surface area contributed by atoms with Gasteiger partial charge >= 0.3 is 0 Å². The van der Waals surface area contributed by atoms with E-state index in [1.165, 1.54) is 19.2 Å². The zero-order valence-corrected chi connectivity index (χ0v) is 13.6. The van der Waals surface area contributed by atoms with Gasteiger partial charge in [-0.15, -0.1) is 0 Å². The van der Waals surface area contributed by atoms with E-state index >= 15 is 0 Å². The van der Waals surface area contributed by atoms with Gasteiger partial charge in [0.1, 0.15) is 0 Å². The largest absolute Gasteiger partial charge is 0.493 e. The highest BCUT2D eigenvalue weighted by molar-refractivity contribution is 5.49. The molecule has 2 heterocycles.